The Morgan fingerprint density at radius 2 is 1.69 bits per heavy atom. The molecule has 0 aliphatic heterocycles. The summed E-state index contributed by atoms with van der Waals surface area (Å²) in [4.78, 5) is 16.7. The SMILES string of the molecule is C/C=C(/NC(/C=C\CC)=C/C)S/C(=C(\C)N)c1nc(-c2cccc(C)c2)no1.CCCC(=O)c1cccc(C)c1.CN. The monoisotopic (exact) mass is 589 g/mol. The Bertz CT molecular complexity index is 1380. The highest BCUT2D eigenvalue weighted by molar-refractivity contribution is 8.11. The van der Waals surface area contributed by atoms with Gasteiger partial charge in [-0.15, -0.1) is 0 Å². The van der Waals surface area contributed by atoms with Gasteiger partial charge in [0.2, 0.25) is 5.82 Å². The number of carbonyl (C=O) groups is 1. The lowest BCUT2D eigenvalue weighted by molar-refractivity contribution is 0.0981. The van der Waals surface area contributed by atoms with Crippen molar-refractivity contribution in [3.8, 4) is 11.4 Å². The molecular formula is C34H47N5O2S. The van der Waals surface area contributed by atoms with Crippen LogP contribution in [0.5, 0.6) is 0 Å². The van der Waals surface area contributed by atoms with Gasteiger partial charge in [0.05, 0.1) is 9.93 Å². The molecule has 0 aliphatic rings. The van der Waals surface area contributed by atoms with Gasteiger partial charge in [0.15, 0.2) is 5.78 Å². The van der Waals surface area contributed by atoms with E-state index in [1.165, 1.54) is 18.8 Å². The molecule has 0 amide bonds. The largest absolute Gasteiger partial charge is 0.401 e. The number of aromatic nitrogens is 2. The van der Waals surface area contributed by atoms with Crippen LogP contribution in [0.15, 0.2) is 93.8 Å². The van der Waals surface area contributed by atoms with Crippen LogP contribution in [-0.2, 0) is 0 Å². The topological polar surface area (TPSA) is 120 Å². The van der Waals surface area contributed by atoms with E-state index in [4.69, 9.17) is 10.3 Å². The fraction of sp³-hybridized carbons (Fsp3) is 0.324. The van der Waals surface area contributed by atoms with Gasteiger partial charge in [-0.2, -0.15) is 4.98 Å². The first kappa shape index (κ1) is 36.1. The maximum Gasteiger partial charge on any atom is 0.266 e. The van der Waals surface area contributed by atoms with E-state index in [-0.39, 0.29) is 5.78 Å². The third kappa shape index (κ3) is 12.3. The van der Waals surface area contributed by atoms with Crippen LogP contribution in [-0.4, -0.2) is 23.0 Å². The maximum absolute atomic E-state index is 11.4. The highest BCUT2D eigenvalue weighted by atomic mass is 32.2. The fourth-order valence-corrected chi connectivity index (χ4v) is 4.40. The summed E-state index contributed by atoms with van der Waals surface area (Å²) in [7, 11) is 1.50. The summed E-state index contributed by atoms with van der Waals surface area (Å²) in [5.74, 6) is 1.21. The lowest BCUT2D eigenvalue weighted by atomic mass is 10.1. The van der Waals surface area contributed by atoms with Crippen molar-refractivity contribution in [1.82, 2.24) is 15.5 Å². The van der Waals surface area contributed by atoms with Gasteiger partial charge in [-0.3, -0.25) is 4.79 Å². The van der Waals surface area contributed by atoms with Crippen molar-refractivity contribution in [2.24, 2.45) is 11.5 Å². The summed E-state index contributed by atoms with van der Waals surface area (Å²) in [5, 5.41) is 8.47. The molecule has 8 heteroatoms. The van der Waals surface area contributed by atoms with Crippen LogP contribution in [0.1, 0.15) is 81.3 Å². The predicted molar refractivity (Wildman–Crippen MR) is 179 cm³/mol. The van der Waals surface area contributed by atoms with Gasteiger partial charge in [-0.05, 0) is 72.7 Å². The second-order valence-corrected chi connectivity index (χ2v) is 10.3. The van der Waals surface area contributed by atoms with E-state index in [1.54, 1.807) is 0 Å². The van der Waals surface area contributed by atoms with Crippen molar-refractivity contribution < 1.29 is 9.32 Å². The van der Waals surface area contributed by atoms with Crippen LogP contribution in [0.3, 0.4) is 0 Å². The summed E-state index contributed by atoms with van der Waals surface area (Å²) in [5.41, 5.74) is 16.3. The van der Waals surface area contributed by atoms with Crippen molar-refractivity contribution in [1.29, 1.82) is 0 Å². The van der Waals surface area contributed by atoms with Gasteiger partial charge in [0.25, 0.3) is 5.89 Å². The van der Waals surface area contributed by atoms with E-state index in [0.29, 0.717) is 23.8 Å². The number of Topliss-reactive ketones (excluding diaryl/α,β-unsaturated/α-hetero) is 1. The Labute approximate surface area is 256 Å². The first-order chi connectivity index (χ1) is 20.2. The Balaban J connectivity index is 0.000000524. The molecular weight excluding hydrogens is 542 g/mol. The summed E-state index contributed by atoms with van der Waals surface area (Å²) in [6.07, 6.45) is 10.7. The minimum atomic E-state index is 0.251. The van der Waals surface area contributed by atoms with Crippen LogP contribution in [0.4, 0.5) is 0 Å². The molecule has 0 bridgehead atoms. The number of hydrogen-bond acceptors (Lipinski definition) is 8. The summed E-state index contributed by atoms with van der Waals surface area (Å²) < 4.78 is 5.52. The maximum atomic E-state index is 11.4. The number of nitrogens with two attached hydrogens (primary N) is 2. The summed E-state index contributed by atoms with van der Waals surface area (Å²) in [6.45, 7) is 14.0. The molecule has 0 atom stereocenters. The van der Waals surface area contributed by atoms with Crippen molar-refractivity contribution in [2.75, 3.05) is 7.05 Å². The second kappa shape index (κ2) is 20.1. The first-order valence-electron chi connectivity index (χ1n) is 14.2. The molecule has 0 saturated carbocycles. The van der Waals surface area contributed by atoms with E-state index in [0.717, 1.165) is 50.7 Å². The van der Waals surface area contributed by atoms with E-state index >= 15 is 0 Å². The van der Waals surface area contributed by atoms with Gasteiger partial charge in [0, 0.05) is 28.9 Å². The molecule has 3 aromatic rings. The van der Waals surface area contributed by atoms with E-state index in [2.05, 4.69) is 40.3 Å². The number of allylic oxidation sites excluding steroid dienone is 5. The average Bonchev–Trinajstić information content (AvgIpc) is 3.48. The molecule has 7 nitrogen and oxygen atoms in total. The highest BCUT2D eigenvalue weighted by Crippen LogP contribution is 2.34. The highest BCUT2D eigenvalue weighted by Gasteiger charge is 2.17. The number of thioether (sulfide) groups is 1. The zero-order chi connectivity index (χ0) is 31.5. The Hall–Kier alpha value is -3.88. The number of nitrogens with zero attached hydrogens (tertiary/aromatic N) is 2. The quantitative estimate of drug-likeness (QED) is 0.151. The van der Waals surface area contributed by atoms with Crippen molar-refractivity contribution in [3.05, 3.63) is 112 Å². The predicted octanol–water partition coefficient (Wildman–Crippen LogP) is 8.30. The lowest BCUT2D eigenvalue weighted by Gasteiger charge is -2.12. The zero-order valence-corrected chi connectivity index (χ0v) is 27.1. The molecule has 0 fully saturated rings. The summed E-state index contributed by atoms with van der Waals surface area (Å²) in [6, 6.07) is 15.8. The molecule has 2 aromatic carbocycles. The van der Waals surface area contributed by atoms with E-state index in [1.807, 2.05) is 102 Å². The molecule has 226 valence electrons. The van der Waals surface area contributed by atoms with Crippen LogP contribution >= 0.6 is 11.8 Å². The van der Waals surface area contributed by atoms with Crippen LogP contribution < -0.4 is 16.8 Å². The Morgan fingerprint density at radius 3 is 2.24 bits per heavy atom. The van der Waals surface area contributed by atoms with Gasteiger partial charge >= 0.3 is 0 Å². The van der Waals surface area contributed by atoms with Crippen molar-refractivity contribution in [2.45, 2.75) is 67.7 Å². The average molecular weight is 590 g/mol. The zero-order valence-electron chi connectivity index (χ0n) is 26.3. The number of rotatable bonds is 11. The van der Waals surface area contributed by atoms with Gasteiger partial charge in [0.1, 0.15) is 0 Å². The lowest BCUT2D eigenvalue weighted by Crippen LogP contribution is -2.09. The van der Waals surface area contributed by atoms with Gasteiger partial charge in [-0.25, -0.2) is 0 Å². The Kier molecular flexibility index (Phi) is 17.3. The van der Waals surface area contributed by atoms with Crippen LogP contribution in [0, 0.1) is 13.8 Å². The number of carbonyl (C=O) groups excluding carboxylic acids is 1. The van der Waals surface area contributed by atoms with Gasteiger partial charge in [-0.1, -0.05) is 96.5 Å². The van der Waals surface area contributed by atoms with Crippen molar-refractivity contribution >= 4 is 22.5 Å². The number of aryl methyl sites for hydroxylation is 2. The molecule has 0 aliphatic carbocycles. The molecule has 1 aromatic heterocycles. The molecule has 0 saturated heterocycles. The Morgan fingerprint density at radius 1 is 1.02 bits per heavy atom. The smallest absolute Gasteiger partial charge is 0.266 e. The number of ketones is 1. The molecule has 5 N–H and O–H groups in total. The molecule has 1 heterocycles. The second-order valence-electron chi connectivity index (χ2n) is 9.28. The minimum Gasteiger partial charge on any atom is -0.401 e. The minimum absolute atomic E-state index is 0.251. The molecule has 0 unspecified atom stereocenters. The number of hydrogen-bond donors (Lipinski definition) is 3. The van der Waals surface area contributed by atoms with E-state index in [9.17, 15) is 4.79 Å². The molecule has 0 spiro atoms. The molecule has 3 rings (SSSR count). The molecule has 42 heavy (non-hydrogen) atoms. The van der Waals surface area contributed by atoms with E-state index < -0.39 is 0 Å². The van der Waals surface area contributed by atoms with Gasteiger partial charge < -0.3 is 21.3 Å². The third-order valence-corrected chi connectivity index (χ3v) is 6.92. The van der Waals surface area contributed by atoms with Crippen LogP contribution in [0.2, 0.25) is 0 Å². The summed E-state index contributed by atoms with van der Waals surface area (Å²) >= 11 is 1.47. The number of benzene rings is 2. The molecule has 0 radical (unpaired) electrons. The normalized spacial score (nSPS) is 12.1. The first-order valence-corrected chi connectivity index (χ1v) is 15.0. The van der Waals surface area contributed by atoms with Crippen molar-refractivity contribution in [3.63, 3.8) is 0 Å². The third-order valence-electron chi connectivity index (χ3n) is 5.66. The van der Waals surface area contributed by atoms with Crippen LogP contribution in [0.25, 0.3) is 16.3 Å². The fourth-order valence-electron chi connectivity index (χ4n) is 3.56. The standard InChI is InChI=1S/C22H28N4OS.C11H14O.CH5N/c1-6-9-13-18(7-2)24-19(8-3)28-20(16(5)23)22-25-21(26-27-22)17-12-10-11-15(4)14-17;1-3-5-11(12)10-7-4-6-9(2)8-10;1-2/h7-14,24H,6,23H2,1-5H3;4,6-8H,3,5H2,1-2H3;2H2,1H3/b13-9-,18-7+,19-8-,20-16+;;. The number of nitrogens with one attached hydrogen (secondary N) is 1.